The number of H-pyrrole nitrogens is 1. The summed E-state index contributed by atoms with van der Waals surface area (Å²) in [6.07, 6.45) is 1.73. The number of aromatic carboxylic acids is 1. The minimum atomic E-state index is -0.943. The van der Waals surface area contributed by atoms with Gasteiger partial charge >= 0.3 is 5.97 Å². The first-order chi connectivity index (χ1) is 6.70. The van der Waals surface area contributed by atoms with Crippen LogP contribution < -0.4 is 0 Å². The summed E-state index contributed by atoms with van der Waals surface area (Å²) < 4.78 is 0. The first-order valence-electron chi connectivity index (χ1n) is 4.19. The third-order valence-electron chi connectivity index (χ3n) is 2.11. The highest BCUT2D eigenvalue weighted by molar-refractivity contribution is 5.94. The zero-order valence-electron chi connectivity index (χ0n) is 7.45. The van der Waals surface area contributed by atoms with Crippen LogP contribution in [0.3, 0.4) is 0 Å². The number of aromatic amines is 1. The van der Waals surface area contributed by atoms with Crippen molar-refractivity contribution < 1.29 is 9.90 Å². The molecular formula is C11H9NO2. The predicted octanol–water partition coefficient (Wildman–Crippen LogP) is 2.51. The SMILES string of the molecule is C=Cc1ccc2[nH]c(C(=O)O)cc2c1. The standard InChI is InChI=1S/C11H9NO2/c1-2-7-3-4-9-8(5-7)6-10(12-9)11(13)14/h2-6,12H,1H2,(H,13,14). The summed E-state index contributed by atoms with van der Waals surface area (Å²) in [6.45, 7) is 3.65. The van der Waals surface area contributed by atoms with Gasteiger partial charge in [-0.1, -0.05) is 18.7 Å². The van der Waals surface area contributed by atoms with Crippen LogP contribution in [-0.2, 0) is 0 Å². The Kier molecular flexibility index (Phi) is 1.85. The molecule has 0 saturated carbocycles. The summed E-state index contributed by atoms with van der Waals surface area (Å²) in [5.41, 5.74) is 2.02. The summed E-state index contributed by atoms with van der Waals surface area (Å²) in [7, 11) is 0. The second-order valence-electron chi connectivity index (χ2n) is 3.04. The fraction of sp³-hybridized carbons (Fsp3) is 0. The molecule has 0 fully saturated rings. The van der Waals surface area contributed by atoms with Gasteiger partial charge in [0, 0.05) is 10.9 Å². The second kappa shape index (κ2) is 3.03. The van der Waals surface area contributed by atoms with Crippen molar-refractivity contribution >= 4 is 22.9 Å². The summed E-state index contributed by atoms with van der Waals surface area (Å²) in [6, 6.07) is 7.24. The van der Waals surface area contributed by atoms with E-state index in [-0.39, 0.29) is 5.69 Å². The van der Waals surface area contributed by atoms with Crippen molar-refractivity contribution in [1.29, 1.82) is 0 Å². The Labute approximate surface area is 80.7 Å². The van der Waals surface area contributed by atoms with E-state index in [0.29, 0.717) is 0 Å². The zero-order chi connectivity index (χ0) is 10.1. The molecular weight excluding hydrogens is 178 g/mol. The Morgan fingerprint density at radius 2 is 2.21 bits per heavy atom. The van der Waals surface area contributed by atoms with E-state index in [1.807, 2.05) is 18.2 Å². The maximum atomic E-state index is 10.7. The first kappa shape index (κ1) is 8.56. The Balaban J connectivity index is 2.65. The maximum absolute atomic E-state index is 10.7. The van der Waals surface area contributed by atoms with Gasteiger partial charge < -0.3 is 10.1 Å². The fourth-order valence-corrected chi connectivity index (χ4v) is 1.39. The quantitative estimate of drug-likeness (QED) is 0.758. The molecule has 0 amide bonds. The summed E-state index contributed by atoms with van der Waals surface area (Å²) in [4.78, 5) is 13.5. The van der Waals surface area contributed by atoms with Crippen LogP contribution in [0.1, 0.15) is 16.1 Å². The molecule has 1 aromatic carbocycles. The van der Waals surface area contributed by atoms with Gasteiger partial charge in [-0.25, -0.2) is 4.79 Å². The molecule has 0 unspecified atom stereocenters. The molecule has 2 rings (SSSR count). The predicted molar refractivity (Wildman–Crippen MR) is 55.3 cm³/mol. The largest absolute Gasteiger partial charge is 0.477 e. The van der Waals surface area contributed by atoms with E-state index in [2.05, 4.69) is 11.6 Å². The minimum absolute atomic E-state index is 0.209. The third-order valence-corrected chi connectivity index (χ3v) is 2.11. The van der Waals surface area contributed by atoms with Crippen molar-refractivity contribution in [2.75, 3.05) is 0 Å². The van der Waals surface area contributed by atoms with E-state index in [9.17, 15) is 4.79 Å². The number of nitrogens with one attached hydrogen (secondary N) is 1. The molecule has 14 heavy (non-hydrogen) atoms. The summed E-state index contributed by atoms with van der Waals surface area (Å²) >= 11 is 0. The molecule has 2 N–H and O–H groups in total. The highest BCUT2D eigenvalue weighted by atomic mass is 16.4. The van der Waals surface area contributed by atoms with Crippen LogP contribution in [0.4, 0.5) is 0 Å². The molecule has 0 radical (unpaired) electrons. The van der Waals surface area contributed by atoms with Crippen molar-refractivity contribution in [1.82, 2.24) is 4.98 Å². The lowest BCUT2D eigenvalue weighted by Gasteiger charge is -1.91. The van der Waals surface area contributed by atoms with E-state index in [0.717, 1.165) is 16.5 Å². The van der Waals surface area contributed by atoms with Crippen molar-refractivity contribution in [3.63, 3.8) is 0 Å². The van der Waals surface area contributed by atoms with Crippen molar-refractivity contribution in [3.05, 3.63) is 42.1 Å². The van der Waals surface area contributed by atoms with E-state index < -0.39 is 5.97 Å². The van der Waals surface area contributed by atoms with E-state index >= 15 is 0 Å². The van der Waals surface area contributed by atoms with Gasteiger partial charge in [0.1, 0.15) is 5.69 Å². The van der Waals surface area contributed by atoms with Crippen LogP contribution in [-0.4, -0.2) is 16.1 Å². The molecule has 0 aliphatic carbocycles. The Bertz CT molecular complexity index is 511. The van der Waals surface area contributed by atoms with E-state index in [1.54, 1.807) is 12.1 Å². The number of carboxylic acid groups (broad SMARTS) is 1. The van der Waals surface area contributed by atoms with Crippen LogP contribution in [0, 0.1) is 0 Å². The molecule has 1 heterocycles. The average molecular weight is 187 g/mol. The number of benzene rings is 1. The highest BCUT2D eigenvalue weighted by Crippen LogP contribution is 2.17. The van der Waals surface area contributed by atoms with Gasteiger partial charge in [0.25, 0.3) is 0 Å². The van der Waals surface area contributed by atoms with Gasteiger partial charge in [-0.3, -0.25) is 0 Å². The molecule has 0 aliphatic heterocycles. The van der Waals surface area contributed by atoms with Gasteiger partial charge in [-0.15, -0.1) is 0 Å². The summed E-state index contributed by atoms with van der Waals surface area (Å²) in [5, 5.41) is 9.65. The molecule has 0 bridgehead atoms. The monoisotopic (exact) mass is 187 g/mol. The molecule has 0 spiro atoms. The van der Waals surface area contributed by atoms with Gasteiger partial charge in [0.05, 0.1) is 0 Å². The lowest BCUT2D eigenvalue weighted by atomic mass is 10.1. The molecule has 70 valence electrons. The van der Waals surface area contributed by atoms with Crippen LogP contribution in [0.2, 0.25) is 0 Å². The average Bonchev–Trinajstić information content (AvgIpc) is 2.59. The molecule has 3 nitrogen and oxygen atoms in total. The maximum Gasteiger partial charge on any atom is 0.352 e. The third kappa shape index (κ3) is 1.29. The van der Waals surface area contributed by atoms with Crippen molar-refractivity contribution in [2.24, 2.45) is 0 Å². The number of fused-ring (bicyclic) bond motifs is 1. The number of carbonyl (C=O) groups is 1. The number of aromatic nitrogens is 1. The normalized spacial score (nSPS) is 10.3. The molecule has 0 atom stereocenters. The van der Waals surface area contributed by atoms with Crippen LogP contribution in [0.25, 0.3) is 17.0 Å². The van der Waals surface area contributed by atoms with Gasteiger partial charge in [-0.2, -0.15) is 0 Å². The molecule has 3 heteroatoms. The fourth-order valence-electron chi connectivity index (χ4n) is 1.39. The van der Waals surface area contributed by atoms with Crippen LogP contribution in [0.5, 0.6) is 0 Å². The van der Waals surface area contributed by atoms with E-state index in [4.69, 9.17) is 5.11 Å². The number of hydrogen-bond acceptors (Lipinski definition) is 1. The topological polar surface area (TPSA) is 53.1 Å². The van der Waals surface area contributed by atoms with Gasteiger partial charge in [0.2, 0.25) is 0 Å². The van der Waals surface area contributed by atoms with Crippen molar-refractivity contribution in [3.8, 4) is 0 Å². The molecule has 2 aromatic rings. The number of hydrogen-bond donors (Lipinski definition) is 2. The Morgan fingerprint density at radius 3 is 2.86 bits per heavy atom. The Hall–Kier alpha value is -2.03. The van der Waals surface area contributed by atoms with Crippen LogP contribution >= 0.6 is 0 Å². The number of rotatable bonds is 2. The zero-order valence-corrected chi connectivity index (χ0v) is 7.45. The minimum Gasteiger partial charge on any atom is -0.477 e. The van der Waals surface area contributed by atoms with E-state index in [1.165, 1.54) is 0 Å². The smallest absolute Gasteiger partial charge is 0.352 e. The number of carboxylic acids is 1. The lowest BCUT2D eigenvalue weighted by Crippen LogP contribution is -1.94. The summed E-state index contributed by atoms with van der Waals surface area (Å²) in [5.74, 6) is -0.943. The second-order valence-corrected chi connectivity index (χ2v) is 3.04. The van der Waals surface area contributed by atoms with Crippen LogP contribution in [0.15, 0.2) is 30.8 Å². The Morgan fingerprint density at radius 1 is 1.43 bits per heavy atom. The molecule has 1 aromatic heterocycles. The molecule has 0 aliphatic rings. The highest BCUT2D eigenvalue weighted by Gasteiger charge is 2.06. The van der Waals surface area contributed by atoms with Crippen molar-refractivity contribution in [2.45, 2.75) is 0 Å². The van der Waals surface area contributed by atoms with Gasteiger partial charge in [0.15, 0.2) is 0 Å². The first-order valence-corrected chi connectivity index (χ1v) is 4.19. The lowest BCUT2D eigenvalue weighted by molar-refractivity contribution is 0.0691. The molecule has 0 saturated heterocycles. The van der Waals surface area contributed by atoms with Gasteiger partial charge in [-0.05, 0) is 23.8 Å².